The lowest BCUT2D eigenvalue weighted by Gasteiger charge is -2.50. The monoisotopic (exact) mass is 409 g/mol. The zero-order chi connectivity index (χ0) is 21.0. The maximum absolute atomic E-state index is 11.6. The van der Waals surface area contributed by atoms with Gasteiger partial charge in [0, 0.05) is 30.6 Å². The average molecular weight is 409 g/mol. The lowest BCUT2D eigenvalue weighted by atomic mass is 9.74. The van der Waals surface area contributed by atoms with Crippen LogP contribution in [-0.2, 0) is 11.3 Å². The number of aromatic carboxylic acids is 1. The number of likely N-dealkylation sites (tertiary alicyclic amines) is 1. The molecule has 30 heavy (non-hydrogen) atoms. The molecule has 3 heterocycles. The Kier molecular flexibility index (Phi) is 4.52. The van der Waals surface area contributed by atoms with Gasteiger partial charge in [-0.3, -0.25) is 4.90 Å². The molecule has 2 N–H and O–H groups in total. The smallest absolute Gasteiger partial charge is 0.336 e. The van der Waals surface area contributed by atoms with Crippen molar-refractivity contribution in [1.29, 1.82) is 0 Å². The van der Waals surface area contributed by atoms with Crippen molar-refractivity contribution in [1.82, 2.24) is 4.90 Å². The van der Waals surface area contributed by atoms with Gasteiger partial charge in [0.15, 0.2) is 0 Å². The molecule has 6 nitrogen and oxygen atoms in total. The number of carboxylic acid groups (broad SMARTS) is 1. The number of aromatic hydroxyl groups is 1. The third-order valence-electron chi connectivity index (χ3n) is 6.97. The molecule has 3 aliphatic rings. The summed E-state index contributed by atoms with van der Waals surface area (Å²) in [4.78, 5) is 14.0. The molecule has 0 unspecified atom stereocenters. The van der Waals surface area contributed by atoms with Crippen LogP contribution in [-0.4, -0.2) is 45.4 Å². The van der Waals surface area contributed by atoms with Gasteiger partial charge in [0.2, 0.25) is 0 Å². The first-order chi connectivity index (χ1) is 14.3. The standard InChI is InChI=1S/C24H27NO5/c1-24(2)18-12-19-21(29-22(18)17-11-15(26)7-8-20(17)30-24)9-10-25(19)13-14-5-3-4-6-16(14)23(27)28/h3-8,11,18-19,21-22,26H,9-10,12-13H2,1-2H3,(H,27,28)/t18-,19+,21-,22+/m0/s1. The maximum Gasteiger partial charge on any atom is 0.336 e. The number of phenolic OH excluding ortho intramolecular Hbond substituents is 1. The van der Waals surface area contributed by atoms with Gasteiger partial charge in [0.1, 0.15) is 17.1 Å². The molecule has 0 saturated carbocycles. The van der Waals surface area contributed by atoms with E-state index in [2.05, 4.69) is 18.7 Å². The number of benzene rings is 2. The van der Waals surface area contributed by atoms with Gasteiger partial charge in [-0.15, -0.1) is 0 Å². The molecule has 0 aliphatic carbocycles. The van der Waals surface area contributed by atoms with Gasteiger partial charge in [-0.25, -0.2) is 4.79 Å². The SMILES string of the molecule is CC1(C)Oc2ccc(O)cc2[C@H]2O[C@H]3CCN(Cc4ccccc4C(=O)O)[C@@H]3C[C@@H]21. The number of hydrogen-bond donors (Lipinski definition) is 2. The van der Waals surface area contributed by atoms with E-state index >= 15 is 0 Å². The van der Waals surface area contributed by atoms with E-state index in [0.29, 0.717) is 12.1 Å². The lowest BCUT2D eigenvalue weighted by Crippen LogP contribution is -2.53. The second-order valence-corrected chi connectivity index (χ2v) is 9.15. The van der Waals surface area contributed by atoms with Crippen molar-refractivity contribution in [3.8, 4) is 11.5 Å². The predicted molar refractivity (Wildman–Crippen MR) is 111 cm³/mol. The Balaban J connectivity index is 1.42. The van der Waals surface area contributed by atoms with E-state index < -0.39 is 11.6 Å². The van der Waals surface area contributed by atoms with Crippen LogP contribution in [0.1, 0.15) is 54.3 Å². The largest absolute Gasteiger partial charge is 0.508 e. The Morgan fingerprint density at radius 3 is 2.83 bits per heavy atom. The molecule has 158 valence electrons. The van der Waals surface area contributed by atoms with E-state index in [1.807, 2.05) is 18.2 Å². The highest BCUT2D eigenvalue weighted by atomic mass is 16.5. The molecule has 2 fully saturated rings. The highest BCUT2D eigenvalue weighted by Crippen LogP contribution is 2.53. The third-order valence-corrected chi connectivity index (χ3v) is 6.97. The molecule has 5 rings (SSSR count). The number of rotatable bonds is 3. The molecule has 0 spiro atoms. The number of hydrogen-bond acceptors (Lipinski definition) is 5. The summed E-state index contributed by atoms with van der Waals surface area (Å²) in [6, 6.07) is 12.7. The molecular formula is C24H27NO5. The third kappa shape index (κ3) is 3.15. The number of phenols is 1. The molecule has 0 amide bonds. The number of ether oxygens (including phenoxy) is 2. The van der Waals surface area contributed by atoms with E-state index in [1.165, 1.54) is 0 Å². The van der Waals surface area contributed by atoms with Crippen LogP contribution in [0.15, 0.2) is 42.5 Å². The van der Waals surface area contributed by atoms with Crippen LogP contribution in [0, 0.1) is 5.92 Å². The summed E-state index contributed by atoms with van der Waals surface area (Å²) < 4.78 is 12.9. The molecule has 0 bridgehead atoms. The lowest BCUT2D eigenvalue weighted by molar-refractivity contribution is -0.162. The summed E-state index contributed by atoms with van der Waals surface area (Å²) in [5.74, 6) is 0.255. The van der Waals surface area contributed by atoms with Crippen molar-refractivity contribution >= 4 is 5.97 Å². The quantitative estimate of drug-likeness (QED) is 0.798. The molecule has 0 radical (unpaired) electrons. The number of nitrogens with zero attached hydrogens (tertiary/aromatic N) is 1. The Bertz CT molecular complexity index is 987. The molecule has 0 aromatic heterocycles. The summed E-state index contributed by atoms with van der Waals surface area (Å²) in [5, 5.41) is 19.5. The normalized spacial score (nSPS) is 29.4. The first-order valence-corrected chi connectivity index (χ1v) is 10.6. The van der Waals surface area contributed by atoms with Crippen LogP contribution in [0.4, 0.5) is 0 Å². The van der Waals surface area contributed by atoms with Crippen molar-refractivity contribution in [2.75, 3.05) is 6.54 Å². The fourth-order valence-corrected chi connectivity index (χ4v) is 5.44. The van der Waals surface area contributed by atoms with E-state index in [-0.39, 0.29) is 29.9 Å². The van der Waals surface area contributed by atoms with E-state index in [1.54, 1.807) is 24.3 Å². The van der Waals surface area contributed by atoms with Crippen LogP contribution in [0.3, 0.4) is 0 Å². The van der Waals surface area contributed by atoms with Gasteiger partial charge in [-0.2, -0.15) is 0 Å². The zero-order valence-corrected chi connectivity index (χ0v) is 17.2. The van der Waals surface area contributed by atoms with E-state index in [0.717, 1.165) is 36.3 Å². The van der Waals surface area contributed by atoms with Gasteiger partial charge in [-0.1, -0.05) is 18.2 Å². The Hall–Kier alpha value is -2.57. The second kappa shape index (κ2) is 7.00. The molecule has 2 saturated heterocycles. The zero-order valence-electron chi connectivity index (χ0n) is 17.2. The Morgan fingerprint density at radius 1 is 1.23 bits per heavy atom. The fraction of sp³-hybridized carbons (Fsp3) is 0.458. The minimum Gasteiger partial charge on any atom is -0.508 e. The van der Waals surface area contributed by atoms with Crippen molar-refractivity contribution in [2.45, 2.75) is 57.1 Å². The molecule has 2 aromatic rings. The summed E-state index contributed by atoms with van der Waals surface area (Å²) in [6.07, 6.45) is 1.81. The first-order valence-electron chi connectivity index (χ1n) is 10.6. The van der Waals surface area contributed by atoms with E-state index in [9.17, 15) is 15.0 Å². The molecule has 4 atom stereocenters. The molecule has 6 heteroatoms. The van der Waals surface area contributed by atoms with Gasteiger partial charge in [-0.05, 0) is 56.5 Å². The van der Waals surface area contributed by atoms with Gasteiger partial charge >= 0.3 is 5.97 Å². The van der Waals surface area contributed by atoms with Crippen molar-refractivity contribution in [3.63, 3.8) is 0 Å². The van der Waals surface area contributed by atoms with Gasteiger partial charge in [0.25, 0.3) is 0 Å². The summed E-state index contributed by atoms with van der Waals surface area (Å²) >= 11 is 0. The first kappa shape index (κ1) is 19.4. The summed E-state index contributed by atoms with van der Waals surface area (Å²) in [5.41, 5.74) is 1.73. The van der Waals surface area contributed by atoms with Crippen LogP contribution in [0.2, 0.25) is 0 Å². The Labute approximate surface area is 176 Å². The predicted octanol–water partition coefficient (Wildman–Crippen LogP) is 3.98. The number of carboxylic acids is 1. The van der Waals surface area contributed by atoms with Gasteiger partial charge < -0.3 is 19.7 Å². The second-order valence-electron chi connectivity index (χ2n) is 9.15. The molecule has 2 aromatic carbocycles. The highest BCUT2D eigenvalue weighted by Gasteiger charge is 2.53. The van der Waals surface area contributed by atoms with E-state index in [4.69, 9.17) is 9.47 Å². The van der Waals surface area contributed by atoms with Crippen molar-refractivity contribution < 1.29 is 24.5 Å². The highest BCUT2D eigenvalue weighted by molar-refractivity contribution is 5.89. The summed E-state index contributed by atoms with van der Waals surface area (Å²) in [6.45, 7) is 5.67. The average Bonchev–Trinajstić information content (AvgIpc) is 3.10. The van der Waals surface area contributed by atoms with Crippen LogP contribution in [0.5, 0.6) is 11.5 Å². The molecule has 3 aliphatic heterocycles. The van der Waals surface area contributed by atoms with Gasteiger partial charge in [0.05, 0.1) is 17.8 Å². The Morgan fingerprint density at radius 2 is 2.03 bits per heavy atom. The molecular weight excluding hydrogens is 382 g/mol. The minimum absolute atomic E-state index is 0.0901. The number of carbonyl (C=O) groups is 1. The maximum atomic E-state index is 11.6. The topological polar surface area (TPSA) is 79.2 Å². The van der Waals surface area contributed by atoms with Crippen LogP contribution < -0.4 is 4.74 Å². The van der Waals surface area contributed by atoms with Crippen LogP contribution in [0.25, 0.3) is 0 Å². The fourth-order valence-electron chi connectivity index (χ4n) is 5.44. The van der Waals surface area contributed by atoms with Crippen LogP contribution >= 0.6 is 0 Å². The van der Waals surface area contributed by atoms with Crippen molar-refractivity contribution in [3.05, 3.63) is 59.2 Å². The van der Waals surface area contributed by atoms with Crippen molar-refractivity contribution in [2.24, 2.45) is 5.92 Å². The number of fused-ring (bicyclic) bond motifs is 4. The minimum atomic E-state index is -0.889. The summed E-state index contributed by atoms with van der Waals surface area (Å²) in [7, 11) is 0.